The average Bonchev–Trinajstić information content (AvgIpc) is 2.44. The number of carbonyl (C=O) groups excluding carboxylic acids is 1. The van der Waals surface area contributed by atoms with Crippen molar-refractivity contribution in [3.05, 3.63) is 29.8 Å². The number of carbonyl (C=O) groups is 1. The van der Waals surface area contributed by atoms with Crippen molar-refractivity contribution in [2.24, 2.45) is 5.92 Å². The summed E-state index contributed by atoms with van der Waals surface area (Å²) in [5, 5.41) is 2.92. The van der Waals surface area contributed by atoms with Gasteiger partial charge >= 0.3 is 0 Å². The van der Waals surface area contributed by atoms with E-state index in [0.717, 1.165) is 11.3 Å². The highest BCUT2D eigenvalue weighted by atomic mass is 32.2. The summed E-state index contributed by atoms with van der Waals surface area (Å²) >= 11 is 0. The van der Waals surface area contributed by atoms with E-state index in [1.165, 1.54) is 0 Å². The van der Waals surface area contributed by atoms with Gasteiger partial charge in [-0.05, 0) is 12.0 Å². The molecule has 2 rings (SSSR count). The van der Waals surface area contributed by atoms with Crippen molar-refractivity contribution in [2.75, 3.05) is 18.1 Å². The van der Waals surface area contributed by atoms with Crippen molar-refractivity contribution in [2.45, 2.75) is 32.7 Å². The van der Waals surface area contributed by atoms with Crippen LogP contribution in [0.1, 0.15) is 38.3 Å². The number of nitrogens with one attached hydrogen (secondary N) is 1. The van der Waals surface area contributed by atoms with E-state index in [9.17, 15) is 13.2 Å². The Balaban J connectivity index is 1.91. The van der Waals surface area contributed by atoms with Crippen molar-refractivity contribution in [3.63, 3.8) is 0 Å². The quantitative estimate of drug-likeness (QED) is 0.869. The molecule has 1 N–H and O–H groups in total. The first-order valence-corrected chi connectivity index (χ1v) is 9.41. The minimum atomic E-state index is -3.16. The number of hydrogen-bond donors (Lipinski definition) is 1. The van der Waals surface area contributed by atoms with Gasteiger partial charge in [-0.25, -0.2) is 8.42 Å². The summed E-state index contributed by atoms with van der Waals surface area (Å²) < 4.78 is 29.2. The lowest BCUT2D eigenvalue weighted by atomic mass is 10.0. The fraction of sp³-hybridized carbons (Fsp3) is 0.562. The molecule has 0 aromatic heterocycles. The molecule has 22 heavy (non-hydrogen) atoms. The van der Waals surface area contributed by atoms with Crippen LogP contribution in [0.25, 0.3) is 0 Å². The molecule has 122 valence electrons. The van der Waals surface area contributed by atoms with Crippen LogP contribution in [0.3, 0.4) is 0 Å². The Morgan fingerprint density at radius 3 is 2.82 bits per heavy atom. The summed E-state index contributed by atoms with van der Waals surface area (Å²) in [7, 11) is -3.16. The van der Waals surface area contributed by atoms with Gasteiger partial charge in [0.25, 0.3) is 0 Å². The topological polar surface area (TPSA) is 72.5 Å². The van der Waals surface area contributed by atoms with Gasteiger partial charge < -0.3 is 10.1 Å². The summed E-state index contributed by atoms with van der Waals surface area (Å²) in [5.41, 5.74) is 0.951. The van der Waals surface area contributed by atoms with E-state index in [2.05, 4.69) is 5.32 Å². The molecule has 0 aliphatic carbocycles. The maximum atomic E-state index is 12.0. The second kappa shape index (κ2) is 7.13. The van der Waals surface area contributed by atoms with Gasteiger partial charge in [-0.2, -0.15) is 0 Å². The average molecular weight is 325 g/mol. The molecular weight excluding hydrogens is 302 g/mol. The molecule has 1 atom stereocenters. The second-order valence-electron chi connectivity index (χ2n) is 6.05. The number of amides is 1. The third-order valence-corrected chi connectivity index (χ3v) is 5.52. The third-order valence-electron chi connectivity index (χ3n) is 3.52. The fourth-order valence-corrected chi connectivity index (χ4v) is 4.28. The first-order chi connectivity index (χ1) is 10.4. The van der Waals surface area contributed by atoms with Crippen LogP contribution in [-0.2, 0) is 14.6 Å². The standard InChI is InChI=1S/C16H23NO4S/c1-12(2)11-22(19,20)10-8-16(18)17-14-7-9-21-15-6-4-3-5-13(14)15/h3-6,12,14H,7-11H2,1-2H3,(H,17,18)/t14-/m0/s1. The lowest BCUT2D eigenvalue weighted by molar-refractivity contribution is -0.121. The molecule has 1 aliphatic heterocycles. The fourth-order valence-electron chi connectivity index (χ4n) is 2.60. The number of fused-ring (bicyclic) bond motifs is 1. The number of para-hydroxylation sites is 1. The molecule has 1 aromatic rings. The molecule has 0 saturated carbocycles. The molecule has 5 nitrogen and oxygen atoms in total. The number of benzene rings is 1. The van der Waals surface area contributed by atoms with Crippen molar-refractivity contribution >= 4 is 15.7 Å². The molecule has 0 radical (unpaired) electrons. The Morgan fingerprint density at radius 2 is 2.09 bits per heavy atom. The Labute approximate surface area is 132 Å². The molecule has 1 heterocycles. The van der Waals surface area contributed by atoms with Crippen LogP contribution in [0, 0.1) is 5.92 Å². The summed E-state index contributed by atoms with van der Waals surface area (Å²) in [6.45, 7) is 4.26. The van der Waals surface area contributed by atoms with Crippen LogP contribution < -0.4 is 10.1 Å². The van der Waals surface area contributed by atoms with Crippen molar-refractivity contribution in [1.82, 2.24) is 5.32 Å². The van der Waals surface area contributed by atoms with Crippen LogP contribution in [0.2, 0.25) is 0 Å². The zero-order valence-corrected chi connectivity index (χ0v) is 13.9. The minimum absolute atomic E-state index is 0.00851. The molecule has 0 spiro atoms. The van der Waals surface area contributed by atoms with E-state index >= 15 is 0 Å². The highest BCUT2D eigenvalue weighted by Crippen LogP contribution is 2.31. The van der Waals surface area contributed by atoms with Gasteiger partial charge in [-0.1, -0.05) is 32.0 Å². The molecule has 0 unspecified atom stereocenters. The molecule has 6 heteroatoms. The maximum Gasteiger partial charge on any atom is 0.221 e. The van der Waals surface area contributed by atoms with E-state index in [0.29, 0.717) is 13.0 Å². The Hall–Kier alpha value is -1.56. The molecular formula is C16H23NO4S. The van der Waals surface area contributed by atoms with E-state index in [-0.39, 0.29) is 35.8 Å². The van der Waals surface area contributed by atoms with E-state index in [4.69, 9.17) is 4.74 Å². The predicted octanol–water partition coefficient (Wildman–Crippen LogP) is 2.09. The van der Waals surface area contributed by atoms with Gasteiger partial charge in [0.1, 0.15) is 5.75 Å². The van der Waals surface area contributed by atoms with Gasteiger partial charge in [0.05, 0.1) is 24.2 Å². The largest absolute Gasteiger partial charge is 0.493 e. The first kappa shape index (κ1) is 16.8. The van der Waals surface area contributed by atoms with Gasteiger partial charge in [-0.3, -0.25) is 4.79 Å². The minimum Gasteiger partial charge on any atom is -0.493 e. The van der Waals surface area contributed by atoms with Crippen molar-refractivity contribution in [3.8, 4) is 5.75 Å². The van der Waals surface area contributed by atoms with Crippen LogP contribution >= 0.6 is 0 Å². The lowest BCUT2D eigenvalue weighted by Crippen LogP contribution is -2.33. The maximum absolute atomic E-state index is 12.0. The Morgan fingerprint density at radius 1 is 1.36 bits per heavy atom. The lowest BCUT2D eigenvalue weighted by Gasteiger charge is -2.26. The molecule has 1 aliphatic rings. The second-order valence-corrected chi connectivity index (χ2v) is 8.28. The SMILES string of the molecule is CC(C)CS(=O)(=O)CCC(=O)N[C@H]1CCOc2ccccc21. The third kappa shape index (κ3) is 4.73. The van der Waals surface area contributed by atoms with Gasteiger partial charge in [0.15, 0.2) is 9.84 Å². The Bertz CT molecular complexity index is 625. The van der Waals surface area contributed by atoms with Crippen molar-refractivity contribution < 1.29 is 17.9 Å². The molecule has 0 saturated heterocycles. The normalized spacial score (nSPS) is 17.7. The number of sulfone groups is 1. The first-order valence-electron chi connectivity index (χ1n) is 7.59. The van der Waals surface area contributed by atoms with Gasteiger partial charge in [-0.15, -0.1) is 0 Å². The summed E-state index contributed by atoms with van der Waals surface area (Å²) in [5.74, 6) is 0.665. The summed E-state index contributed by atoms with van der Waals surface area (Å²) in [4.78, 5) is 12.0. The van der Waals surface area contributed by atoms with E-state index in [1.54, 1.807) is 0 Å². The van der Waals surface area contributed by atoms with Crippen molar-refractivity contribution in [1.29, 1.82) is 0 Å². The highest BCUT2D eigenvalue weighted by Gasteiger charge is 2.23. The van der Waals surface area contributed by atoms with Crippen LogP contribution in [0.15, 0.2) is 24.3 Å². The van der Waals surface area contributed by atoms with Gasteiger partial charge in [0.2, 0.25) is 5.91 Å². The van der Waals surface area contributed by atoms with Crippen LogP contribution in [0.4, 0.5) is 0 Å². The van der Waals surface area contributed by atoms with Gasteiger partial charge in [0, 0.05) is 18.4 Å². The summed E-state index contributed by atoms with van der Waals surface area (Å²) in [6.07, 6.45) is 0.704. The number of ether oxygens (including phenoxy) is 1. The number of hydrogen-bond acceptors (Lipinski definition) is 4. The molecule has 1 amide bonds. The van der Waals surface area contributed by atoms with E-state index in [1.807, 2.05) is 38.1 Å². The smallest absolute Gasteiger partial charge is 0.221 e. The highest BCUT2D eigenvalue weighted by molar-refractivity contribution is 7.91. The number of rotatable bonds is 6. The van der Waals surface area contributed by atoms with Crippen LogP contribution in [-0.4, -0.2) is 32.4 Å². The van der Waals surface area contributed by atoms with E-state index < -0.39 is 9.84 Å². The van der Waals surface area contributed by atoms with Crippen LogP contribution in [0.5, 0.6) is 5.75 Å². The molecule has 0 fully saturated rings. The Kier molecular flexibility index (Phi) is 5.45. The summed E-state index contributed by atoms with van der Waals surface area (Å²) in [6, 6.07) is 7.49. The monoisotopic (exact) mass is 325 g/mol. The molecule has 0 bridgehead atoms. The zero-order valence-electron chi connectivity index (χ0n) is 13.0. The predicted molar refractivity (Wildman–Crippen MR) is 85.5 cm³/mol. The molecule has 1 aromatic carbocycles. The zero-order chi connectivity index (χ0) is 16.2.